The number of benzene rings is 3. The third-order valence-electron chi connectivity index (χ3n) is 5.98. The molecule has 0 saturated carbocycles. The molecule has 1 aliphatic rings. The third-order valence-corrected chi connectivity index (χ3v) is 6.51. The van der Waals surface area contributed by atoms with Crippen LogP contribution in [0, 0.1) is 0 Å². The summed E-state index contributed by atoms with van der Waals surface area (Å²) in [5, 5.41) is 0.522. The van der Waals surface area contributed by atoms with Crippen LogP contribution in [0.25, 0.3) is 16.6 Å². The van der Waals surface area contributed by atoms with Crippen molar-refractivity contribution in [3.05, 3.63) is 92.9 Å². The second kappa shape index (κ2) is 8.95. The molecule has 4 aromatic rings. The number of ether oxygens (including phenoxy) is 2. The number of amides is 1. The smallest absolute Gasteiger partial charge is 0.266 e. The number of hydrogen-bond donors (Lipinski definition) is 0. The first kappa shape index (κ1) is 22.2. The van der Waals surface area contributed by atoms with E-state index in [-0.39, 0.29) is 18.3 Å². The molecule has 34 heavy (non-hydrogen) atoms. The molecule has 3 aromatic carbocycles. The van der Waals surface area contributed by atoms with Gasteiger partial charge in [0.05, 0.1) is 22.6 Å². The van der Waals surface area contributed by atoms with E-state index in [2.05, 4.69) is 15.9 Å². The molecule has 7 nitrogen and oxygen atoms in total. The molecule has 0 N–H and O–H groups in total. The Kier molecular flexibility index (Phi) is 5.83. The molecule has 0 aliphatic carbocycles. The van der Waals surface area contributed by atoms with Gasteiger partial charge in [-0.15, -0.1) is 0 Å². The first-order chi connectivity index (χ1) is 16.5. The van der Waals surface area contributed by atoms with Gasteiger partial charge in [0.15, 0.2) is 11.5 Å². The van der Waals surface area contributed by atoms with Crippen molar-refractivity contribution in [2.45, 2.75) is 19.4 Å². The third kappa shape index (κ3) is 3.84. The lowest BCUT2D eigenvalue weighted by atomic mass is 10.1. The second-order valence-electron chi connectivity index (χ2n) is 8.01. The van der Waals surface area contributed by atoms with E-state index in [1.807, 2.05) is 49.4 Å². The lowest BCUT2D eigenvalue weighted by Crippen LogP contribution is -2.36. The van der Waals surface area contributed by atoms with E-state index in [1.165, 1.54) is 0 Å². The van der Waals surface area contributed by atoms with E-state index in [1.54, 1.807) is 40.8 Å². The van der Waals surface area contributed by atoms with Gasteiger partial charge in [-0.25, -0.2) is 4.98 Å². The predicted molar refractivity (Wildman–Crippen MR) is 133 cm³/mol. The molecular weight excluding hydrogens is 498 g/mol. The summed E-state index contributed by atoms with van der Waals surface area (Å²) in [6, 6.07) is 19.4. The molecule has 1 unspecified atom stereocenters. The van der Waals surface area contributed by atoms with Crippen LogP contribution in [0.2, 0.25) is 0 Å². The molecule has 1 aliphatic heterocycles. The van der Waals surface area contributed by atoms with Gasteiger partial charge in [-0.05, 0) is 61.0 Å². The largest absolute Gasteiger partial charge is 0.454 e. The Morgan fingerprint density at radius 1 is 1.09 bits per heavy atom. The number of fused-ring (bicyclic) bond motifs is 2. The fourth-order valence-electron chi connectivity index (χ4n) is 4.22. The quantitative estimate of drug-likeness (QED) is 0.366. The topological polar surface area (TPSA) is 73.7 Å². The van der Waals surface area contributed by atoms with Gasteiger partial charge in [-0.3, -0.25) is 14.2 Å². The Morgan fingerprint density at radius 3 is 2.59 bits per heavy atom. The number of nitrogens with zero attached hydrogens (tertiary/aromatic N) is 3. The molecule has 172 valence electrons. The van der Waals surface area contributed by atoms with Crippen molar-refractivity contribution in [1.82, 2.24) is 14.5 Å². The standard InChI is InChI=1S/C26H22BrN3O4/c1-3-21(29(2)25(31)16-8-13-22-23(14-16)34-15-33-22)24-28-20-7-5-4-6-19(20)26(32)30(24)18-11-9-17(27)10-12-18/h4-14,21H,3,15H2,1-2H3. The lowest BCUT2D eigenvalue weighted by molar-refractivity contribution is 0.0716. The summed E-state index contributed by atoms with van der Waals surface area (Å²) in [5.41, 5.74) is 1.58. The Morgan fingerprint density at radius 2 is 1.82 bits per heavy atom. The van der Waals surface area contributed by atoms with Gasteiger partial charge in [0, 0.05) is 17.1 Å². The maximum atomic E-state index is 13.6. The Hall–Kier alpha value is -3.65. The zero-order chi connectivity index (χ0) is 23.8. The highest BCUT2D eigenvalue weighted by molar-refractivity contribution is 9.10. The first-order valence-corrected chi connectivity index (χ1v) is 11.7. The number of carbonyl (C=O) groups is 1. The minimum Gasteiger partial charge on any atom is -0.454 e. The van der Waals surface area contributed by atoms with Crippen molar-refractivity contribution < 1.29 is 14.3 Å². The zero-order valence-electron chi connectivity index (χ0n) is 18.7. The summed E-state index contributed by atoms with van der Waals surface area (Å²) in [7, 11) is 1.73. The number of halogens is 1. The molecule has 1 aromatic heterocycles. The van der Waals surface area contributed by atoms with Crippen molar-refractivity contribution in [3.63, 3.8) is 0 Å². The van der Waals surface area contributed by atoms with Gasteiger partial charge in [-0.1, -0.05) is 35.0 Å². The number of para-hydroxylation sites is 1. The molecular formula is C26H22BrN3O4. The molecule has 1 atom stereocenters. The van der Waals surface area contributed by atoms with Crippen LogP contribution in [0.1, 0.15) is 35.6 Å². The highest BCUT2D eigenvalue weighted by atomic mass is 79.9. The summed E-state index contributed by atoms with van der Waals surface area (Å²) < 4.78 is 13.3. The molecule has 0 bridgehead atoms. The van der Waals surface area contributed by atoms with Crippen LogP contribution in [0.15, 0.2) is 76.0 Å². The molecule has 5 rings (SSSR count). The maximum absolute atomic E-state index is 13.6. The van der Waals surface area contributed by atoms with Gasteiger partial charge in [0.1, 0.15) is 5.82 Å². The fourth-order valence-corrected chi connectivity index (χ4v) is 4.48. The van der Waals surface area contributed by atoms with Gasteiger partial charge in [0.2, 0.25) is 6.79 Å². The molecule has 2 heterocycles. The first-order valence-electron chi connectivity index (χ1n) is 10.9. The Labute approximate surface area is 204 Å². The monoisotopic (exact) mass is 519 g/mol. The second-order valence-corrected chi connectivity index (χ2v) is 8.93. The summed E-state index contributed by atoms with van der Waals surface area (Å²) >= 11 is 3.45. The van der Waals surface area contributed by atoms with E-state index in [4.69, 9.17) is 14.5 Å². The minimum absolute atomic E-state index is 0.140. The number of hydrogen-bond acceptors (Lipinski definition) is 5. The van der Waals surface area contributed by atoms with Gasteiger partial charge in [0.25, 0.3) is 11.5 Å². The SMILES string of the molecule is CCC(c1nc2ccccc2c(=O)n1-c1ccc(Br)cc1)N(C)C(=O)c1ccc2c(c1)OCO2. The summed E-state index contributed by atoms with van der Waals surface area (Å²) in [6.07, 6.45) is 0.564. The summed E-state index contributed by atoms with van der Waals surface area (Å²) in [6.45, 7) is 2.11. The average molecular weight is 520 g/mol. The molecule has 1 amide bonds. The Bertz CT molecular complexity index is 1450. The van der Waals surface area contributed by atoms with Crippen molar-refractivity contribution >= 4 is 32.7 Å². The molecule has 0 spiro atoms. The van der Waals surface area contributed by atoms with Crippen LogP contribution in [-0.2, 0) is 0 Å². The maximum Gasteiger partial charge on any atom is 0.266 e. The van der Waals surface area contributed by atoms with Crippen molar-refractivity contribution in [2.24, 2.45) is 0 Å². The van der Waals surface area contributed by atoms with Gasteiger partial charge >= 0.3 is 0 Å². The van der Waals surface area contributed by atoms with Crippen LogP contribution in [0.3, 0.4) is 0 Å². The number of carbonyl (C=O) groups excluding carboxylic acids is 1. The van der Waals surface area contributed by atoms with Gasteiger partial charge < -0.3 is 14.4 Å². The van der Waals surface area contributed by atoms with E-state index in [0.717, 1.165) is 4.47 Å². The molecule has 0 saturated heterocycles. The van der Waals surface area contributed by atoms with Crippen LogP contribution >= 0.6 is 15.9 Å². The van der Waals surface area contributed by atoms with Crippen molar-refractivity contribution in [3.8, 4) is 17.2 Å². The zero-order valence-corrected chi connectivity index (χ0v) is 20.3. The number of aromatic nitrogens is 2. The van der Waals surface area contributed by atoms with E-state index in [9.17, 15) is 9.59 Å². The van der Waals surface area contributed by atoms with Crippen molar-refractivity contribution in [1.29, 1.82) is 0 Å². The normalized spacial score (nSPS) is 13.1. The average Bonchev–Trinajstić information content (AvgIpc) is 3.33. The number of rotatable bonds is 5. The highest BCUT2D eigenvalue weighted by Gasteiger charge is 2.28. The Balaban J connectivity index is 1.63. The van der Waals surface area contributed by atoms with E-state index < -0.39 is 6.04 Å². The summed E-state index contributed by atoms with van der Waals surface area (Å²) in [5.74, 6) is 1.47. The van der Waals surface area contributed by atoms with E-state index >= 15 is 0 Å². The summed E-state index contributed by atoms with van der Waals surface area (Å²) in [4.78, 5) is 33.6. The van der Waals surface area contributed by atoms with Crippen LogP contribution in [-0.4, -0.2) is 34.2 Å². The molecule has 0 fully saturated rings. The van der Waals surface area contributed by atoms with Crippen LogP contribution in [0.5, 0.6) is 11.5 Å². The minimum atomic E-state index is -0.445. The van der Waals surface area contributed by atoms with Crippen LogP contribution in [0.4, 0.5) is 0 Å². The predicted octanol–water partition coefficient (Wildman–Crippen LogP) is 5.10. The molecule has 8 heteroatoms. The van der Waals surface area contributed by atoms with Crippen LogP contribution < -0.4 is 15.0 Å². The van der Waals surface area contributed by atoms with Crippen molar-refractivity contribution in [2.75, 3.05) is 13.8 Å². The fraction of sp³-hybridized carbons (Fsp3) is 0.192. The lowest BCUT2D eigenvalue weighted by Gasteiger charge is -2.29. The van der Waals surface area contributed by atoms with Gasteiger partial charge in [-0.2, -0.15) is 0 Å². The molecule has 0 radical (unpaired) electrons. The highest BCUT2D eigenvalue weighted by Crippen LogP contribution is 2.34. The van der Waals surface area contributed by atoms with E-state index in [0.29, 0.717) is 45.9 Å².